The van der Waals surface area contributed by atoms with E-state index in [-0.39, 0.29) is 27.9 Å². The molecule has 0 aliphatic rings. The van der Waals surface area contributed by atoms with Crippen molar-refractivity contribution in [1.82, 2.24) is 9.97 Å². The van der Waals surface area contributed by atoms with Gasteiger partial charge in [-0.15, -0.1) is 0 Å². The number of aromatic amines is 1. The zero-order valence-corrected chi connectivity index (χ0v) is 10.8. The number of nitrogen functional groups attached to an aromatic ring is 1. The first-order chi connectivity index (χ1) is 8.95. The van der Waals surface area contributed by atoms with Crippen LogP contribution >= 0.6 is 11.8 Å². The molecule has 5 nitrogen and oxygen atoms in total. The Labute approximate surface area is 112 Å². The first-order valence-electron chi connectivity index (χ1n) is 5.31. The molecule has 1 aromatic carbocycles. The van der Waals surface area contributed by atoms with Crippen molar-refractivity contribution in [2.75, 3.05) is 5.73 Å². The molecule has 19 heavy (non-hydrogen) atoms. The molecule has 0 aliphatic carbocycles. The molecule has 2 aromatic rings. The Kier molecular flexibility index (Phi) is 3.66. The van der Waals surface area contributed by atoms with Crippen LogP contribution in [0.25, 0.3) is 0 Å². The number of aromatic nitrogens is 2. The fraction of sp³-hybridized carbons (Fsp3) is 0.0833. The van der Waals surface area contributed by atoms with Gasteiger partial charge in [0.05, 0.1) is 0 Å². The lowest BCUT2D eigenvalue weighted by Gasteiger charge is -2.06. The van der Waals surface area contributed by atoms with Crippen LogP contribution in [0.1, 0.15) is 17.3 Å². The highest BCUT2D eigenvalue weighted by molar-refractivity contribution is 7.99. The second-order valence-corrected chi connectivity index (χ2v) is 4.80. The van der Waals surface area contributed by atoms with E-state index in [0.717, 1.165) is 23.9 Å². The summed E-state index contributed by atoms with van der Waals surface area (Å²) in [5.41, 5.74) is 5.31. The molecule has 0 bridgehead atoms. The topological polar surface area (TPSA) is 88.8 Å². The van der Waals surface area contributed by atoms with Crippen LogP contribution in [0.2, 0.25) is 0 Å². The van der Waals surface area contributed by atoms with E-state index < -0.39 is 5.82 Å². The van der Waals surface area contributed by atoms with Gasteiger partial charge in [-0.2, -0.15) is 0 Å². The minimum atomic E-state index is -0.497. The Balaban J connectivity index is 2.43. The molecule has 0 saturated heterocycles. The first kappa shape index (κ1) is 13.3. The van der Waals surface area contributed by atoms with Gasteiger partial charge in [-0.05, 0) is 25.1 Å². The number of halogens is 1. The summed E-state index contributed by atoms with van der Waals surface area (Å²) in [5, 5.41) is 0.249. The number of carbonyl (C=O) groups excluding carboxylic acids is 1. The average Bonchev–Trinajstić information content (AvgIpc) is 2.30. The maximum Gasteiger partial charge on any atom is 0.253 e. The van der Waals surface area contributed by atoms with Gasteiger partial charge in [0.1, 0.15) is 11.6 Å². The third kappa shape index (κ3) is 3.19. The summed E-state index contributed by atoms with van der Waals surface area (Å²) in [6, 6.07) is 4.99. The number of carbonyl (C=O) groups is 1. The maximum absolute atomic E-state index is 13.1. The number of benzene rings is 1. The van der Waals surface area contributed by atoms with Gasteiger partial charge in [-0.3, -0.25) is 9.59 Å². The highest BCUT2D eigenvalue weighted by Crippen LogP contribution is 2.28. The third-order valence-electron chi connectivity index (χ3n) is 2.27. The lowest BCUT2D eigenvalue weighted by molar-refractivity contribution is 0.101. The number of hydrogen-bond acceptors (Lipinski definition) is 5. The molecule has 0 unspecified atom stereocenters. The molecule has 7 heteroatoms. The van der Waals surface area contributed by atoms with E-state index in [9.17, 15) is 14.0 Å². The van der Waals surface area contributed by atoms with Crippen molar-refractivity contribution >= 4 is 23.4 Å². The molecule has 0 atom stereocenters. The summed E-state index contributed by atoms with van der Waals surface area (Å²) in [6.07, 6.45) is 0. The number of ketones is 1. The predicted octanol–water partition coefficient (Wildman–Crippen LogP) is 1.84. The molecule has 1 heterocycles. The predicted molar refractivity (Wildman–Crippen MR) is 69.8 cm³/mol. The van der Waals surface area contributed by atoms with Crippen molar-refractivity contribution in [1.29, 1.82) is 0 Å². The lowest BCUT2D eigenvalue weighted by atomic mass is 10.1. The molecule has 98 valence electrons. The molecule has 0 aliphatic heterocycles. The normalized spacial score (nSPS) is 10.4. The highest BCUT2D eigenvalue weighted by Gasteiger charge is 2.11. The molecule has 0 spiro atoms. The number of H-pyrrole nitrogens is 1. The molecule has 0 amide bonds. The quantitative estimate of drug-likeness (QED) is 0.661. The minimum Gasteiger partial charge on any atom is -0.383 e. The Hall–Kier alpha value is -2.15. The fourth-order valence-electron chi connectivity index (χ4n) is 1.47. The van der Waals surface area contributed by atoms with Crippen molar-refractivity contribution in [2.24, 2.45) is 0 Å². The van der Waals surface area contributed by atoms with Crippen LogP contribution in [0.4, 0.5) is 10.2 Å². The van der Waals surface area contributed by atoms with Crippen molar-refractivity contribution in [3.8, 4) is 0 Å². The Bertz CT molecular complexity index is 700. The van der Waals surface area contributed by atoms with Crippen LogP contribution in [-0.4, -0.2) is 15.8 Å². The average molecular weight is 279 g/mol. The number of nitrogens with zero attached hydrogens (tertiary/aromatic N) is 1. The standard InChI is InChI=1S/C12H10FN3O2S/c1-6(17)8-4-7(13)2-3-9(8)19-12-15-10(14)5-11(18)16-12/h2-5H,1H3,(H3,14,15,16,18). The van der Waals surface area contributed by atoms with E-state index in [1.54, 1.807) is 0 Å². The van der Waals surface area contributed by atoms with E-state index in [0.29, 0.717) is 4.90 Å². The Morgan fingerprint density at radius 3 is 2.79 bits per heavy atom. The monoisotopic (exact) mass is 279 g/mol. The van der Waals surface area contributed by atoms with Crippen LogP contribution in [0.15, 0.2) is 39.1 Å². The van der Waals surface area contributed by atoms with Crippen molar-refractivity contribution in [3.05, 3.63) is 46.0 Å². The molecule has 0 radical (unpaired) electrons. The van der Waals surface area contributed by atoms with E-state index >= 15 is 0 Å². The van der Waals surface area contributed by atoms with Crippen LogP contribution < -0.4 is 11.3 Å². The van der Waals surface area contributed by atoms with E-state index in [4.69, 9.17) is 5.73 Å². The summed E-state index contributed by atoms with van der Waals surface area (Å²) in [6.45, 7) is 1.34. The number of nitrogens with two attached hydrogens (primary N) is 1. The van der Waals surface area contributed by atoms with Crippen LogP contribution in [0.5, 0.6) is 0 Å². The van der Waals surface area contributed by atoms with Gasteiger partial charge in [0.15, 0.2) is 10.9 Å². The summed E-state index contributed by atoms with van der Waals surface area (Å²) in [5.74, 6) is -0.686. The summed E-state index contributed by atoms with van der Waals surface area (Å²) >= 11 is 1.05. The third-order valence-corrected chi connectivity index (χ3v) is 3.23. The molecule has 3 N–H and O–H groups in total. The number of hydrogen-bond donors (Lipinski definition) is 2. The summed E-state index contributed by atoms with van der Waals surface area (Å²) in [7, 11) is 0. The van der Waals surface area contributed by atoms with Crippen molar-refractivity contribution in [3.63, 3.8) is 0 Å². The highest BCUT2D eigenvalue weighted by atomic mass is 32.2. The largest absolute Gasteiger partial charge is 0.383 e. The van der Waals surface area contributed by atoms with Gasteiger partial charge in [0.2, 0.25) is 0 Å². The second-order valence-electron chi connectivity index (χ2n) is 3.77. The van der Waals surface area contributed by atoms with Gasteiger partial charge in [-0.25, -0.2) is 9.37 Å². The Morgan fingerprint density at radius 1 is 1.42 bits per heavy atom. The molecule has 2 rings (SSSR count). The zero-order valence-electron chi connectivity index (χ0n) is 9.94. The van der Waals surface area contributed by atoms with Crippen LogP contribution in [0, 0.1) is 5.82 Å². The van der Waals surface area contributed by atoms with E-state index in [1.807, 2.05) is 0 Å². The Morgan fingerprint density at radius 2 is 2.16 bits per heavy atom. The second kappa shape index (κ2) is 5.23. The van der Waals surface area contributed by atoms with Gasteiger partial charge < -0.3 is 10.7 Å². The summed E-state index contributed by atoms with van der Waals surface area (Å²) in [4.78, 5) is 29.6. The van der Waals surface area contributed by atoms with E-state index in [1.165, 1.54) is 19.1 Å². The summed E-state index contributed by atoms with van der Waals surface area (Å²) < 4.78 is 13.1. The van der Waals surface area contributed by atoms with Crippen LogP contribution in [0.3, 0.4) is 0 Å². The molecular weight excluding hydrogens is 269 g/mol. The maximum atomic E-state index is 13.1. The van der Waals surface area contributed by atoms with Crippen molar-refractivity contribution < 1.29 is 9.18 Å². The smallest absolute Gasteiger partial charge is 0.253 e. The van der Waals surface area contributed by atoms with Crippen LogP contribution in [-0.2, 0) is 0 Å². The van der Waals surface area contributed by atoms with Gasteiger partial charge in [0, 0.05) is 16.5 Å². The number of nitrogens with one attached hydrogen (secondary N) is 1. The van der Waals surface area contributed by atoms with Crippen molar-refractivity contribution in [2.45, 2.75) is 17.0 Å². The van der Waals surface area contributed by atoms with Gasteiger partial charge >= 0.3 is 0 Å². The van der Waals surface area contributed by atoms with Gasteiger partial charge in [0.25, 0.3) is 5.56 Å². The SMILES string of the molecule is CC(=O)c1cc(F)ccc1Sc1nc(N)cc(=O)[nH]1. The molecule has 0 fully saturated rings. The number of rotatable bonds is 3. The molecular formula is C12H10FN3O2S. The number of anilines is 1. The van der Waals surface area contributed by atoms with Gasteiger partial charge in [-0.1, -0.05) is 11.8 Å². The molecule has 0 saturated carbocycles. The fourth-order valence-corrected chi connectivity index (χ4v) is 2.43. The first-order valence-corrected chi connectivity index (χ1v) is 6.12. The lowest BCUT2D eigenvalue weighted by Crippen LogP contribution is -2.09. The minimum absolute atomic E-state index is 0.0812. The zero-order chi connectivity index (χ0) is 14.0. The van der Waals surface area contributed by atoms with E-state index in [2.05, 4.69) is 9.97 Å². The molecule has 1 aromatic heterocycles. The number of Topliss-reactive ketones (excluding diaryl/α,β-unsaturated/α-hetero) is 1.